The number of hydrogen-bond acceptors (Lipinski definition) is 5. The second-order valence-corrected chi connectivity index (χ2v) is 14.3. The first kappa shape index (κ1) is 24.6. The van der Waals surface area contributed by atoms with Crippen molar-refractivity contribution in [2.24, 2.45) is 5.92 Å². The first-order valence-electron chi connectivity index (χ1n) is 11.9. The van der Waals surface area contributed by atoms with Crippen LogP contribution in [0.5, 0.6) is 0 Å². The lowest BCUT2D eigenvalue weighted by molar-refractivity contribution is 0.139. The predicted molar refractivity (Wildman–Crippen MR) is 138 cm³/mol. The number of aryl methyl sites for hydroxylation is 2. The first-order chi connectivity index (χ1) is 16.7. The van der Waals surface area contributed by atoms with Gasteiger partial charge < -0.3 is 0 Å². The maximum absolute atomic E-state index is 13.8. The number of thiophene rings is 1. The number of rotatable bonds is 6. The van der Waals surface area contributed by atoms with Crippen molar-refractivity contribution >= 4 is 31.4 Å². The molecule has 0 aliphatic carbocycles. The highest BCUT2D eigenvalue weighted by Crippen LogP contribution is 2.42. The molecule has 0 N–H and O–H groups in total. The second kappa shape index (κ2) is 9.44. The summed E-state index contributed by atoms with van der Waals surface area (Å²) in [6.07, 6.45) is 1.72. The van der Waals surface area contributed by atoms with Crippen LogP contribution in [0, 0.1) is 19.8 Å². The molecule has 2 fully saturated rings. The fourth-order valence-electron chi connectivity index (χ4n) is 5.47. The van der Waals surface area contributed by atoms with Gasteiger partial charge in [-0.3, -0.25) is 0 Å². The van der Waals surface area contributed by atoms with Crippen LogP contribution in [0.2, 0.25) is 0 Å². The Bertz CT molecular complexity index is 1380. The normalized spacial score (nSPS) is 23.9. The predicted octanol–water partition coefficient (Wildman–Crippen LogP) is 4.45. The van der Waals surface area contributed by atoms with Crippen LogP contribution in [0.15, 0.2) is 75.8 Å². The number of sulfonamides is 2. The lowest BCUT2D eigenvalue weighted by atomic mass is 9.85. The van der Waals surface area contributed by atoms with Gasteiger partial charge in [0.2, 0.25) is 20.0 Å². The standard InChI is InChI=1S/C26H30N2O4S3/c1-19-5-9-22(10-6-19)34(29,30)27-15-13-24-25(27)14-16-28(26(24)18-21-4-3-17-33-21)35(31,32)23-11-7-20(2)8-12-23/h3-12,17,24-26H,13-16,18H2,1-2H3/t24-,25-,26+/m0/s1. The van der Waals surface area contributed by atoms with E-state index in [-0.39, 0.29) is 18.0 Å². The highest BCUT2D eigenvalue weighted by atomic mass is 32.2. The Labute approximate surface area is 212 Å². The molecule has 6 nitrogen and oxygen atoms in total. The molecular weight excluding hydrogens is 500 g/mol. The molecule has 0 radical (unpaired) electrons. The van der Waals surface area contributed by atoms with Crippen LogP contribution in [0.1, 0.15) is 28.8 Å². The molecule has 2 saturated heterocycles. The fourth-order valence-corrected chi connectivity index (χ4v) is 9.62. The van der Waals surface area contributed by atoms with Gasteiger partial charge in [-0.1, -0.05) is 41.5 Å². The molecule has 35 heavy (non-hydrogen) atoms. The number of benzene rings is 2. The maximum atomic E-state index is 13.8. The van der Waals surface area contributed by atoms with Crippen LogP contribution < -0.4 is 0 Å². The van der Waals surface area contributed by atoms with E-state index in [2.05, 4.69) is 0 Å². The molecule has 5 rings (SSSR count). The number of nitrogens with zero attached hydrogens (tertiary/aromatic N) is 2. The van der Waals surface area contributed by atoms with Gasteiger partial charge >= 0.3 is 0 Å². The van der Waals surface area contributed by atoms with Gasteiger partial charge in [0.15, 0.2) is 0 Å². The van der Waals surface area contributed by atoms with Crippen LogP contribution in [0.3, 0.4) is 0 Å². The summed E-state index contributed by atoms with van der Waals surface area (Å²) in [6, 6.07) is 17.4. The van der Waals surface area contributed by atoms with Gasteiger partial charge in [0.1, 0.15) is 0 Å². The van der Waals surface area contributed by atoms with Gasteiger partial charge in [-0.25, -0.2) is 16.8 Å². The average molecular weight is 531 g/mol. The molecule has 2 aromatic carbocycles. The number of hydrogen-bond donors (Lipinski definition) is 0. The molecule has 2 aliphatic rings. The lowest BCUT2D eigenvalue weighted by Crippen LogP contribution is -2.55. The second-order valence-electron chi connectivity index (χ2n) is 9.52. The van der Waals surface area contributed by atoms with Gasteiger partial charge in [-0.05, 0) is 74.7 Å². The minimum atomic E-state index is -3.71. The van der Waals surface area contributed by atoms with E-state index in [1.54, 1.807) is 44.2 Å². The van der Waals surface area contributed by atoms with Gasteiger partial charge in [0, 0.05) is 30.1 Å². The summed E-state index contributed by atoms with van der Waals surface area (Å²) in [5, 5.41) is 2.00. The van der Waals surface area contributed by atoms with Crippen LogP contribution >= 0.6 is 11.3 Å². The Kier molecular flexibility index (Phi) is 6.65. The summed E-state index contributed by atoms with van der Waals surface area (Å²) in [4.78, 5) is 1.70. The van der Waals surface area contributed by atoms with E-state index < -0.39 is 20.0 Å². The zero-order chi connectivity index (χ0) is 24.8. The highest BCUT2D eigenvalue weighted by Gasteiger charge is 2.51. The van der Waals surface area contributed by atoms with E-state index in [1.807, 2.05) is 55.6 Å². The molecule has 9 heteroatoms. The summed E-state index contributed by atoms with van der Waals surface area (Å²) >= 11 is 1.61. The van der Waals surface area contributed by atoms with Crippen molar-refractivity contribution < 1.29 is 16.8 Å². The van der Waals surface area contributed by atoms with Gasteiger partial charge in [-0.2, -0.15) is 8.61 Å². The van der Waals surface area contributed by atoms with Crippen molar-refractivity contribution in [2.45, 2.75) is 55.0 Å². The molecule has 0 bridgehead atoms. The molecular formula is C26H30N2O4S3. The minimum Gasteiger partial charge on any atom is -0.207 e. The third kappa shape index (κ3) is 4.60. The molecule has 0 amide bonds. The van der Waals surface area contributed by atoms with E-state index in [4.69, 9.17) is 0 Å². The molecule has 1 aromatic heterocycles. The van der Waals surface area contributed by atoms with Crippen LogP contribution in [-0.4, -0.2) is 50.6 Å². The smallest absolute Gasteiger partial charge is 0.207 e. The molecule has 0 spiro atoms. The molecule has 3 atom stereocenters. The van der Waals surface area contributed by atoms with Gasteiger partial charge in [0.25, 0.3) is 0 Å². The molecule has 0 saturated carbocycles. The van der Waals surface area contributed by atoms with Gasteiger partial charge in [-0.15, -0.1) is 11.3 Å². The van der Waals surface area contributed by atoms with Crippen molar-refractivity contribution in [3.05, 3.63) is 82.0 Å². The van der Waals surface area contributed by atoms with Crippen molar-refractivity contribution in [3.63, 3.8) is 0 Å². The maximum Gasteiger partial charge on any atom is 0.243 e. The van der Waals surface area contributed by atoms with Crippen molar-refractivity contribution in [3.8, 4) is 0 Å². The highest BCUT2D eigenvalue weighted by molar-refractivity contribution is 7.89. The van der Waals surface area contributed by atoms with E-state index in [0.29, 0.717) is 42.1 Å². The zero-order valence-corrected chi connectivity index (χ0v) is 22.3. The lowest BCUT2D eigenvalue weighted by Gasteiger charge is -2.43. The molecule has 3 heterocycles. The number of piperidine rings is 1. The van der Waals surface area contributed by atoms with E-state index in [9.17, 15) is 16.8 Å². The van der Waals surface area contributed by atoms with E-state index in [0.717, 1.165) is 16.0 Å². The topological polar surface area (TPSA) is 74.8 Å². The summed E-state index contributed by atoms with van der Waals surface area (Å²) in [5.41, 5.74) is 2.01. The molecule has 186 valence electrons. The third-order valence-electron chi connectivity index (χ3n) is 7.30. The minimum absolute atomic E-state index is 0.0636. The zero-order valence-electron chi connectivity index (χ0n) is 19.9. The van der Waals surface area contributed by atoms with E-state index >= 15 is 0 Å². The number of fused-ring (bicyclic) bond motifs is 1. The largest absolute Gasteiger partial charge is 0.243 e. The quantitative estimate of drug-likeness (QED) is 0.472. The first-order valence-corrected chi connectivity index (χ1v) is 15.6. The Morgan fingerprint density at radius 2 is 1.31 bits per heavy atom. The fraction of sp³-hybridized carbons (Fsp3) is 0.385. The average Bonchev–Trinajstić information content (AvgIpc) is 3.50. The monoisotopic (exact) mass is 530 g/mol. The van der Waals surface area contributed by atoms with Gasteiger partial charge in [0.05, 0.1) is 9.79 Å². The third-order valence-corrected chi connectivity index (χ3v) is 12.1. The van der Waals surface area contributed by atoms with E-state index in [1.165, 1.54) is 0 Å². The molecule has 3 aromatic rings. The van der Waals surface area contributed by atoms with Crippen LogP contribution in [0.25, 0.3) is 0 Å². The van der Waals surface area contributed by atoms with Crippen molar-refractivity contribution in [1.29, 1.82) is 0 Å². The molecule has 2 aliphatic heterocycles. The summed E-state index contributed by atoms with van der Waals surface area (Å²) in [5.74, 6) is -0.0636. The Morgan fingerprint density at radius 3 is 1.86 bits per heavy atom. The summed E-state index contributed by atoms with van der Waals surface area (Å²) < 4.78 is 57.9. The Hall–Kier alpha value is -2.04. The Morgan fingerprint density at radius 1 is 0.771 bits per heavy atom. The van der Waals surface area contributed by atoms with Crippen LogP contribution in [0.4, 0.5) is 0 Å². The van der Waals surface area contributed by atoms with Crippen molar-refractivity contribution in [1.82, 2.24) is 8.61 Å². The summed E-state index contributed by atoms with van der Waals surface area (Å²) in [7, 11) is -7.36. The SMILES string of the molecule is Cc1ccc(S(=O)(=O)N2CC[C@H]3[C@H](CCN3S(=O)(=O)c3ccc(C)cc3)[C@H]2Cc2cccs2)cc1. The molecule has 0 unspecified atom stereocenters. The summed E-state index contributed by atoms with van der Waals surface area (Å²) in [6.45, 7) is 4.57. The van der Waals surface area contributed by atoms with Crippen molar-refractivity contribution in [2.75, 3.05) is 13.1 Å². The van der Waals surface area contributed by atoms with Crippen LogP contribution in [-0.2, 0) is 26.5 Å². The Balaban J connectivity index is 1.49.